The first-order chi connectivity index (χ1) is 9.61. The van der Waals surface area contributed by atoms with E-state index in [1.165, 1.54) is 28.4 Å². The van der Waals surface area contributed by atoms with Gasteiger partial charge in [0, 0.05) is 18.1 Å². The van der Waals surface area contributed by atoms with E-state index in [2.05, 4.69) is 11.8 Å². The van der Waals surface area contributed by atoms with Gasteiger partial charge >= 0.3 is 0 Å². The summed E-state index contributed by atoms with van der Waals surface area (Å²) in [5.41, 5.74) is 0.980. The predicted octanol–water partition coefficient (Wildman–Crippen LogP) is 2.51. The third kappa shape index (κ3) is 3.23. The largest absolute Gasteiger partial charge is 0.384 e. The monoisotopic (exact) mass is 289 g/mol. The number of anilines is 1. The Labute approximate surface area is 120 Å². The quantitative estimate of drug-likeness (QED) is 0.863. The second kappa shape index (κ2) is 6.33. The predicted molar refractivity (Wildman–Crippen MR) is 77.4 cm³/mol. The van der Waals surface area contributed by atoms with Gasteiger partial charge in [-0.1, -0.05) is 17.9 Å². The van der Waals surface area contributed by atoms with Crippen LogP contribution in [0.3, 0.4) is 0 Å². The van der Waals surface area contributed by atoms with Crippen LogP contribution in [0.4, 0.5) is 10.1 Å². The lowest BCUT2D eigenvalue weighted by Crippen LogP contribution is -2.25. The zero-order valence-corrected chi connectivity index (χ0v) is 11.6. The number of aliphatic hydroxyl groups is 1. The molecule has 1 aromatic heterocycles. The van der Waals surface area contributed by atoms with Crippen LogP contribution in [0.5, 0.6) is 0 Å². The molecule has 1 amide bonds. The average molecular weight is 289 g/mol. The van der Waals surface area contributed by atoms with Crippen molar-refractivity contribution >= 4 is 22.9 Å². The highest BCUT2D eigenvalue weighted by molar-refractivity contribution is 7.10. The number of thiophene rings is 1. The van der Waals surface area contributed by atoms with Gasteiger partial charge in [0.1, 0.15) is 12.4 Å². The molecular weight excluding hydrogens is 277 g/mol. The molecule has 3 nitrogen and oxygen atoms in total. The smallest absolute Gasteiger partial charge is 0.258 e. The van der Waals surface area contributed by atoms with E-state index >= 15 is 0 Å². The van der Waals surface area contributed by atoms with Crippen LogP contribution < -0.4 is 4.90 Å². The van der Waals surface area contributed by atoms with E-state index in [9.17, 15) is 9.18 Å². The summed E-state index contributed by atoms with van der Waals surface area (Å²) in [6.07, 6.45) is 0. The summed E-state index contributed by atoms with van der Waals surface area (Å²) >= 11 is 1.33. The number of hydrogen-bond donors (Lipinski definition) is 1. The molecule has 102 valence electrons. The Hall–Kier alpha value is -2.16. The van der Waals surface area contributed by atoms with Gasteiger partial charge in [0.05, 0.1) is 10.4 Å². The summed E-state index contributed by atoms with van der Waals surface area (Å²) in [6.45, 7) is -0.218. The number of amides is 1. The number of hydrogen-bond acceptors (Lipinski definition) is 3. The SMILES string of the molecule is CN(C(=O)c1csc(C#CCO)c1)c1cccc(F)c1. The standard InChI is InChI=1S/C15H12FNO2S/c1-17(13-5-2-4-12(16)9-13)15(19)11-8-14(20-10-11)6-3-7-18/h2,4-5,8-10,18H,7H2,1H3. The van der Waals surface area contributed by atoms with Crippen molar-refractivity contribution in [3.63, 3.8) is 0 Å². The van der Waals surface area contributed by atoms with Crippen molar-refractivity contribution in [1.29, 1.82) is 0 Å². The minimum Gasteiger partial charge on any atom is -0.384 e. The van der Waals surface area contributed by atoms with Crippen LogP contribution in [0, 0.1) is 17.7 Å². The topological polar surface area (TPSA) is 40.5 Å². The number of carbonyl (C=O) groups excluding carboxylic acids is 1. The Morgan fingerprint density at radius 1 is 1.45 bits per heavy atom. The molecule has 0 saturated carbocycles. The van der Waals surface area contributed by atoms with Gasteiger partial charge in [-0.2, -0.15) is 0 Å². The Bertz CT molecular complexity index is 684. The fourth-order valence-electron chi connectivity index (χ4n) is 1.64. The van der Waals surface area contributed by atoms with Gasteiger partial charge in [0.15, 0.2) is 0 Å². The fourth-order valence-corrected chi connectivity index (χ4v) is 2.39. The van der Waals surface area contributed by atoms with Gasteiger partial charge in [0.2, 0.25) is 0 Å². The first-order valence-electron chi connectivity index (χ1n) is 5.83. The number of benzene rings is 1. The Morgan fingerprint density at radius 3 is 2.95 bits per heavy atom. The molecular formula is C15H12FNO2S. The molecule has 1 aromatic carbocycles. The van der Waals surface area contributed by atoms with Crippen LogP contribution in [-0.2, 0) is 0 Å². The summed E-state index contributed by atoms with van der Waals surface area (Å²) in [4.78, 5) is 14.3. The molecule has 2 rings (SSSR count). The van der Waals surface area contributed by atoms with Gasteiger partial charge in [-0.25, -0.2) is 4.39 Å². The summed E-state index contributed by atoms with van der Waals surface area (Å²) in [7, 11) is 1.59. The van der Waals surface area contributed by atoms with Crippen molar-refractivity contribution in [3.05, 3.63) is 52.0 Å². The van der Waals surface area contributed by atoms with Gasteiger partial charge in [0.25, 0.3) is 5.91 Å². The van der Waals surface area contributed by atoms with Crippen molar-refractivity contribution in [2.75, 3.05) is 18.6 Å². The van der Waals surface area contributed by atoms with Crippen LogP contribution in [0.15, 0.2) is 35.7 Å². The lowest BCUT2D eigenvalue weighted by Gasteiger charge is -2.16. The molecule has 2 aromatic rings. The minimum absolute atomic E-state index is 0.218. The Balaban J connectivity index is 2.20. The number of aliphatic hydroxyl groups excluding tert-OH is 1. The molecule has 0 atom stereocenters. The van der Waals surface area contributed by atoms with Crippen LogP contribution in [0.1, 0.15) is 15.2 Å². The maximum atomic E-state index is 13.2. The number of halogens is 1. The molecule has 0 unspecified atom stereocenters. The second-order valence-electron chi connectivity index (χ2n) is 4.00. The van der Waals surface area contributed by atoms with Gasteiger partial charge in [-0.3, -0.25) is 4.79 Å². The van der Waals surface area contributed by atoms with E-state index in [1.54, 1.807) is 30.6 Å². The van der Waals surface area contributed by atoms with Gasteiger partial charge in [-0.05, 0) is 24.3 Å². The van der Waals surface area contributed by atoms with Crippen LogP contribution in [0.2, 0.25) is 0 Å². The summed E-state index contributed by atoms with van der Waals surface area (Å²) in [6, 6.07) is 7.51. The lowest BCUT2D eigenvalue weighted by molar-refractivity contribution is 0.0993. The molecule has 0 aliphatic rings. The maximum absolute atomic E-state index is 13.2. The highest BCUT2D eigenvalue weighted by Crippen LogP contribution is 2.20. The zero-order chi connectivity index (χ0) is 14.5. The fraction of sp³-hybridized carbons (Fsp3) is 0.133. The molecule has 0 aliphatic carbocycles. The second-order valence-corrected chi connectivity index (χ2v) is 4.91. The van der Waals surface area contributed by atoms with Crippen molar-refractivity contribution in [2.45, 2.75) is 0 Å². The van der Waals surface area contributed by atoms with E-state index in [-0.39, 0.29) is 18.3 Å². The van der Waals surface area contributed by atoms with Crippen molar-refractivity contribution in [3.8, 4) is 11.8 Å². The summed E-state index contributed by atoms with van der Waals surface area (Å²) in [5.74, 6) is 4.65. The van der Waals surface area contributed by atoms with Gasteiger partial charge < -0.3 is 10.0 Å². The summed E-state index contributed by atoms with van der Waals surface area (Å²) in [5, 5.41) is 10.3. The number of nitrogens with zero attached hydrogens (tertiary/aromatic N) is 1. The van der Waals surface area contributed by atoms with E-state index in [0.717, 1.165) is 0 Å². The Kier molecular flexibility index (Phi) is 4.51. The molecule has 0 spiro atoms. The van der Waals surface area contributed by atoms with Crippen molar-refractivity contribution in [1.82, 2.24) is 0 Å². The van der Waals surface area contributed by atoms with Crippen LogP contribution in [0.25, 0.3) is 0 Å². The normalized spacial score (nSPS) is 9.75. The number of carbonyl (C=O) groups is 1. The number of rotatable bonds is 2. The molecule has 0 fully saturated rings. The molecule has 20 heavy (non-hydrogen) atoms. The molecule has 1 heterocycles. The van der Waals surface area contributed by atoms with Crippen LogP contribution in [-0.4, -0.2) is 24.7 Å². The first-order valence-corrected chi connectivity index (χ1v) is 6.71. The van der Waals surface area contributed by atoms with Crippen molar-refractivity contribution in [2.24, 2.45) is 0 Å². The zero-order valence-electron chi connectivity index (χ0n) is 10.8. The minimum atomic E-state index is -0.387. The highest BCUT2D eigenvalue weighted by Gasteiger charge is 2.15. The summed E-state index contributed by atoms with van der Waals surface area (Å²) < 4.78 is 13.2. The first kappa shape index (κ1) is 14.3. The van der Waals surface area contributed by atoms with Gasteiger partial charge in [-0.15, -0.1) is 11.3 Å². The lowest BCUT2D eigenvalue weighted by atomic mass is 10.2. The average Bonchev–Trinajstić information content (AvgIpc) is 2.92. The Morgan fingerprint density at radius 2 is 2.25 bits per heavy atom. The van der Waals surface area contributed by atoms with E-state index < -0.39 is 0 Å². The van der Waals surface area contributed by atoms with Crippen LogP contribution >= 0.6 is 11.3 Å². The van der Waals surface area contributed by atoms with E-state index in [0.29, 0.717) is 16.1 Å². The molecule has 0 bridgehead atoms. The highest BCUT2D eigenvalue weighted by atomic mass is 32.1. The van der Waals surface area contributed by atoms with Crippen molar-refractivity contribution < 1.29 is 14.3 Å². The molecule has 0 radical (unpaired) electrons. The molecule has 1 N–H and O–H groups in total. The third-order valence-electron chi connectivity index (χ3n) is 2.64. The molecule has 0 aliphatic heterocycles. The van der Waals surface area contributed by atoms with E-state index in [1.807, 2.05) is 0 Å². The third-order valence-corrected chi connectivity index (χ3v) is 3.48. The molecule has 0 saturated heterocycles. The van der Waals surface area contributed by atoms with E-state index in [4.69, 9.17) is 5.11 Å². The maximum Gasteiger partial charge on any atom is 0.258 e. The molecule has 5 heteroatoms.